The van der Waals surface area contributed by atoms with E-state index in [-0.39, 0.29) is 0 Å². The average molecular weight is 179 g/mol. The number of anilines is 1. The molecule has 0 aliphatic rings. The lowest BCUT2D eigenvalue weighted by Crippen LogP contribution is -2.08. The van der Waals surface area contributed by atoms with Gasteiger partial charge >= 0.3 is 0 Å². The van der Waals surface area contributed by atoms with Crippen molar-refractivity contribution in [3.63, 3.8) is 0 Å². The van der Waals surface area contributed by atoms with Crippen molar-refractivity contribution in [2.24, 2.45) is 5.92 Å². The Hall–Kier alpha value is -1.02. The Bertz CT molecular complexity index is 258. The van der Waals surface area contributed by atoms with Crippen LogP contribution in [0.5, 0.6) is 0 Å². The Kier molecular flexibility index (Phi) is 3.77. The number of para-hydroxylation sites is 1. The molecule has 0 amide bonds. The highest BCUT2D eigenvalue weighted by atomic mass is 16.6. The van der Waals surface area contributed by atoms with E-state index >= 15 is 0 Å². The van der Waals surface area contributed by atoms with E-state index in [2.05, 4.69) is 32.3 Å². The van der Waals surface area contributed by atoms with Crippen molar-refractivity contribution in [3.8, 4) is 0 Å². The summed E-state index contributed by atoms with van der Waals surface area (Å²) < 4.78 is 0. The molecule has 1 aromatic rings. The molecule has 0 aromatic heterocycles. The molecule has 2 heteroatoms. The lowest BCUT2D eigenvalue weighted by atomic mass is 10.2. The van der Waals surface area contributed by atoms with Crippen LogP contribution in [0.1, 0.15) is 19.4 Å². The Morgan fingerprint density at radius 1 is 1.31 bits per heavy atom. The first kappa shape index (κ1) is 10.1. The number of hydrogen-bond donors (Lipinski definition) is 1. The van der Waals surface area contributed by atoms with Gasteiger partial charge in [-0.15, -0.1) is 0 Å². The molecule has 0 atom stereocenters. The van der Waals surface area contributed by atoms with E-state index in [1.54, 1.807) is 0 Å². The molecule has 1 rings (SSSR count). The molecular weight excluding hydrogens is 162 g/mol. The minimum Gasteiger partial charge on any atom is -0.276 e. The Morgan fingerprint density at radius 3 is 2.62 bits per heavy atom. The smallest absolute Gasteiger partial charge is 0.0768 e. The molecule has 0 aliphatic heterocycles. The predicted octanol–water partition coefficient (Wildman–Crippen LogP) is 2.99. The Morgan fingerprint density at radius 2 is 2.00 bits per heavy atom. The fourth-order valence-corrected chi connectivity index (χ4v) is 0.973. The molecule has 13 heavy (non-hydrogen) atoms. The van der Waals surface area contributed by atoms with E-state index in [0.717, 1.165) is 12.3 Å². The maximum absolute atomic E-state index is 5.31. The summed E-state index contributed by atoms with van der Waals surface area (Å²) in [4.78, 5) is 5.31. The summed E-state index contributed by atoms with van der Waals surface area (Å²) in [6, 6.07) is 8.08. The minimum atomic E-state index is 0.552. The fraction of sp³-hybridized carbons (Fsp3) is 0.455. The van der Waals surface area contributed by atoms with Gasteiger partial charge in [0.15, 0.2) is 0 Å². The van der Waals surface area contributed by atoms with E-state index in [0.29, 0.717) is 5.92 Å². The summed E-state index contributed by atoms with van der Waals surface area (Å²) in [5.41, 5.74) is 5.19. The second-order valence-electron chi connectivity index (χ2n) is 3.62. The summed E-state index contributed by atoms with van der Waals surface area (Å²) in [7, 11) is 0. The Balaban J connectivity index is 2.41. The van der Waals surface area contributed by atoms with Crippen molar-refractivity contribution in [1.29, 1.82) is 0 Å². The third kappa shape index (κ3) is 3.47. The predicted molar refractivity (Wildman–Crippen MR) is 55.6 cm³/mol. The summed E-state index contributed by atoms with van der Waals surface area (Å²) in [6.45, 7) is 7.04. The summed E-state index contributed by atoms with van der Waals surface area (Å²) in [6.07, 6.45) is 0. The zero-order chi connectivity index (χ0) is 9.68. The van der Waals surface area contributed by atoms with Gasteiger partial charge in [-0.3, -0.25) is 10.3 Å². The fourth-order valence-electron chi connectivity index (χ4n) is 0.973. The lowest BCUT2D eigenvalue weighted by molar-refractivity contribution is 0.162. The third-order valence-corrected chi connectivity index (χ3v) is 1.74. The average Bonchev–Trinajstić information content (AvgIpc) is 2.08. The van der Waals surface area contributed by atoms with Crippen molar-refractivity contribution in [3.05, 3.63) is 29.8 Å². The highest BCUT2D eigenvalue weighted by Crippen LogP contribution is 2.12. The van der Waals surface area contributed by atoms with Crippen LogP contribution < -0.4 is 5.48 Å². The molecule has 0 aliphatic carbocycles. The molecule has 0 saturated heterocycles. The van der Waals surface area contributed by atoms with Gasteiger partial charge in [0.2, 0.25) is 0 Å². The van der Waals surface area contributed by atoms with Gasteiger partial charge < -0.3 is 0 Å². The van der Waals surface area contributed by atoms with Crippen LogP contribution in [0, 0.1) is 12.8 Å². The van der Waals surface area contributed by atoms with Crippen molar-refractivity contribution >= 4 is 5.69 Å². The van der Waals surface area contributed by atoms with Crippen LogP contribution in [0.2, 0.25) is 0 Å². The standard InChI is InChI=1S/C11H17NO/c1-9(2)8-13-12-11-7-5-4-6-10(11)3/h4-7,9,12H,8H2,1-3H3. The van der Waals surface area contributed by atoms with Crippen LogP contribution >= 0.6 is 0 Å². The van der Waals surface area contributed by atoms with E-state index in [4.69, 9.17) is 4.84 Å². The monoisotopic (exact) mass is 179 g/mol. The van der Waals surface area contributed by atoms with Gasteiger partial charge in [-0.1, -0.05) is 32.0 Å². The van der Waals surface area contributed by atoms with Crippen molar-refractivity contribution in [2.75, 3.05) is 12.1 Å². The Labute approximate surface area is 79.9 Å². The van der Waals surface area contributed by atoms with E-state index in [1.165, 1.54) is 5.56 Å². The minimum absolute atomic E-state index is 0.552. The van der Waals surface area contributed by atoms with Crippen molar-refractivity contribution in [2.45, 2.75) is 20.8 Å². The molecule has 0 spiro atoms. The quantitative estimate of drug-likeness (QED) is 0.717. The number of hydrogen-bond acceptors (Lipinski definition) is 2. The molecule has 0 heterocycles. The molecule has 72 valence electrons. The maximum atomic E-state index is 5.31. The molecule has 2 nitrogen and oxygen atoms in total. The molecule has 0 fully saturated rings. The van der Waals surface area contributed by atoms with E-state index in [1.807, 2.05) is 18.2 Å². The molecular formula is C11H17NO. The van der Waals surface area contributed by atoms with Crippen LogP contribution in [0.15, 0.2) is 24.3 Å². The molecule has 1 N–H and O–H groups in total. The maximum Gasteiger partial charge on any atom is 0.0768 e. The van der Waals surface area contributed by atoms with Gasteiger partial charge in [0, 0.05) is 0 Å². The first-order valence-corrected chi connectivity index (χ1v) is 4.63. The number of benzene rings is 1. The third-order valence-electron chi connectivity index (χ3n) is 1.74. The second kappa shape index (κ2) is 4.87. The number of nitrogens with one attached hydrogen (secondary N) is 1. The zero-order valence-electron chi connectivity index (χ0n) is 8.50. The summed E-state index contributed by atoms with van der Waals surface area (Å²) in [5, 5.41) is 0. The van der Waals surface area contributed by atoms with Crippen LogP contribution in [-0.2, 0) is 4.84 Å². The van der Waals surface area contributed by atoms with Crippen molar-refractivity contribution < 1.29 is 4.84 Å². The highest BCUT2D eigenvalue weighted by molar-refractivity contribution is 5.48. The van der Waals surface area contributed by atoms with Crippen LogP contribution in [-0.4, -0.2) is 6.61 Å². The second-order valence-corrected chi connectivity index (χ2v) is 3.62. The van der Waals surface area contributed by atoms with Crippen molar-refractivity contribution in [1.82, 2.24) is 0 Å². The van der Waals surface area contributed by atoms with Crippen LogP contribution in [0.4, 0.5) is 5.69 Å². The van der Waals surface area contributed by atoms with Crippen LogP contribution in [0.3, 0.4) is 0 Å². The highest BCUT2D eigenvalue weighted by Gasteiger charge is 1.96. The molecule has 0 bridgehead atoms. The molecule has 0 radical (unpaired) electrons. The molecule has 0 unspecified atom stereocenters. The van der Waals surface area contributed by atoms with Gasteiger partial charge in [0.05, 0.1) is 12.3 Å². The van der Waals surface area contributed by atoms with E-state index in [9.17, 15) is 0 Å². The summed E-state index contributed by atoms with van der Waals surface area (Å²) in [5.74, 6) is 0.552. The first-order chi connectivity index (χ1) is 6.20. The lowest BCUT2D eigenvalue weighted by Gasteiger charge is -2.10. The van der Waals surface area contributed by atoms with Gasteiger partial charge in [-0.25, -0.2) is 0 Å². The number of rotatable bonds is 4. The van der Waals surface area contributed by atoms with Gasteiger partial charge in [-0.2, -0.15) is 0 Å². The van der Waals surface area contributed by atoms with Gasteiger partial charge in [0.25, 0.3) is 0 Å². The van der Waals surface area contributed by atoms with Gasteiger partial charge in [0.1, 0.15) is 0 Å². The zero-order valence-corrected chi connectivity index (χ0v) is 8.50. The number of aryl methyl sites for hydroxylation is 1. The normalized spacial score (nSPS) is 10.5. The largest absolute Gasteiger partial charge is 0.276 e. The molecule has 0 saturated carbocycles. The first-order valence-electron chi connectivity index (χ1n) is 4.63. The molecule has 1 aromatic carbocycles. The summed E-state index contributed by atoms with van der Waals surface area (Å²) >= 11 is 0. The van der Waals surface area contributed by atoms with Crippen LogP contribution in [0.25, 0.3) is 0 Å². The van der Waals surface area contributed by atoms with E-state index < -0.39 is 0 Å². The van der Waals surface area contributed by atoms with Gasteiger partial charge in [-0.05, 0) is 24.5 Å². The SMILES string of the molecule is Cc1ccccc1NOCC(C)C. The topological polar surface area (TPSA) is 21.3 Å².